The smallest absolute Gasteiger partial charge is 0.224 e. The van der Waals surface area contributed by atoms with Crippen LogP contribution >= 0.6 is 24.0 Å². The number of aliphatic imine (C=N–C) groups is 1. The van der Waals surface area contributed by atoms with Crippen molar-refractivity contribution in [3.8, 4) is 0 Å². The van der Waals surface area contributed by atoms with Gasteiger partial charge >= 0.3 is 0 Å². The van der Waals surface area contributed by atoms with Gasteiger partial charge in [-0.3, -0.25) is 9.79 Å². The van der Waals surface area contributed by atoms with Gasteiger partial charge in [0.05, 0.1) is 6.54 Å². The zero-order valence-corrected chi connectivity index (χ0v) is 20.3. The molecule has 2 aromatic rings. The Labute approximate surface area is 200 Å². The lowest BCUT2D eigenvalue weighted by Crippen LogP contribution is -2.49. The van der Waals surface area contributed by atoms with Gasteiger partial charge in [-0.1, -0.05) is 0 Å². The number of nitrogens with one attached hydrogen (secondary N) is 2. The van der Waals surface area contributed by atoms with Gasteiger partial charge in [-0.05, 0) is 43.3 Å². The number of amides is 1. The van der Waals surface area contributed by atoms with Gasteiger partial charge in [-0.25, -0.2) is 4.39 Å². The van der Waals surface area contributed by atoms with E-state index in [1.807, 2.05) is 36.4 Å². The second kappa shape index (κ2) is 13.2. The predicted octanol–water partition coefficient (Wildman–Crippen LogP) is 2.54. The number of nitrogens with zero attached hydrogens (tertiary/aromatic N) is 4. The molecule has 1 fully saturated rings. The van der Waals surface area contributed by atoms with E-state index in [-0.39, 0.29) is 35.7 Å². The number of hydrogen-bond acceptors (Lipinski definition) is 3. The summed E-state index contributed by atoms with van der Waals surface area (Å²) in [5.74, 6) is 0.628. The molecule has 1 aliphatic heterocycles. The summed E-state index contributed by atoms with van der Waals surface area (Å²) in [6.45, 7) is 7.73. The number of aromatic nitrogens is 1. The summed E-state index contributed by atoms with van der Waals surface area (Å²) in [6, 6.07) is 10.5. The molecule has 1 aromatic carbocycles. The van der Waals surface area contributed by atoms with Crippen LogP contribution in [0.3, 0.4) is 0 Å². The van der Waals surface area contributed by atoms with Crippen LogP contribution in [-0.2, 0) is 11.3 Å². The van der Waals surface area contributed by atoms with E-state index in [0.717, 1.165) is 44.4 Å². The molecular formula is C22H32FIN6O. The minimum atomic E-state index is -0.232. The fourth-order valence-corrected chi connectivity index (χ4v) is 3.45. The monoisotopic (exact) mass is 542 g/mol. The third kappa shape index (κ3) is 8.04. The first-order valence-corrected chi connectivity index (χ1v) is 10.6. The minimum absolute atomic E-state index is 0. The second-order valence-corrected chi connectivity index (χ2v) is 7.20. The van der Waals surface area contributed by atoms with Crippen LogP contribution in [0, 0.1) is 5.82 Å². The fourth-order valence-electron chi connectivity index (χ4n) is 3.45. The van der Waals surface area contributed by atoms with Crippen LogP contribution in [0.4, 0.5) is 10.1 Å². The van der Waals surface area contributed by atoms with E-state index < -0.39 is 0 Å². The molecule has 0 atom stereocenters. The van der Waals surface area contributed by atoms with Crippen LogP contribution in [0.25, 0.3) is 0 Å². The Morgan fingerprint density at radius 3 is 2.39 bits per heavy atom. The Balaban J connectivity index is 0.00000341. The van der Waals surface area contributed by atoms with Crippen molar-refractivity contribution < 1.29 is 9.18 Å². The van der Waals surface area contributed by atoms with E-state index in [2.05, 4.69) is 25.1 Å². The molecule has 0 bridgehead atoms. The van der Waals surface area contributed by atoms with Crippen LogP contribution in [0.5, 0.6) is 0 Å². The molecule has 0 saturated carbocycles. The third-order valence-electron chi connectivity index (χ3n) is 5.09. The SMILES string of the molecule is CCNC(=NCCC(=O)N1CCN(c2ccc(F)cc2)CC1)NCCn1cccc1.I. The average Bonchev–Trinajstić information content (AvgIpc) is 3.28. The number of piperazine rings is 1. The molecule has 2 heterocycles. The van der Waals surface area contributed by atoms with Crippen molar-refractivity contribution in [2.24, 2.45) is 4.99 Å². The minimum Gasteiger partial charge on any atom is -0.368 e. The van der Waals surface area contributed by atoms with Crippen molar-refractivity contribution >= 4 is 41.5 Å². The summed E-state index contributed by atoms with van der Waals surface area (Å²) in [6.07, 6.45) is 4.45. The van der Waals surface area contributed by atoms with Gasteiger partial charge in [0.1, 0.15) is 5.82 Å². The Hall–Kier alpha value is -2.30. The van der Waals surface area contributed by atoms with Gasteiger partial charge < -0.3 is 25.0 Å². The zero-order valence-electron chi connectivity index (χ0n) is 18.0. The van der Waals surface area contributed by atoms with E-state index in [1.165, 1.54) is 12.1 Å². The van der Waals surface area contributed by atoms with Crippen LogP contribution in [0.15, 0.2) is 53.8 Å². The number of carbonyl (C=O) groups excluding carboxylic acids is 1. The van der Waals surface area contributed by atoms with Crippen molar-refractivity contribution in [1.29, 1.82) is 0 Å². The number of anilines is 1. The molecule has 0 radical (unpaired) electrons. The molecule has 170 valence electrons. The molecule has 0 aliphatic carbocycles. The molecule has 0 unspecified atom stereocenters. The topological polar surface area (TPSA) is 64.9 Å². The quantitative estimate of drug-likeness (QED) is 0.306. The molecule has 1 saturated heterocycles. The maximum absolute atomic E-state index is 13.1. The highest BCUT2D eigenvalue weighted by atomic mass is 127. The first-order valence-electron chi connectivity index (χ1n) is 10.6. The van der Waals surface area contributed by atoms with Gasteiger partial charge in [0, 0.05) is 70.3 Å². The number of benzene rings is 1. The number of hydrogen-bond donors (Lipinski definition) is 2. The highest BCUT2D eigenvalue weighted by molar-refractivity contribution is 14.0. The fraction of sp³-hybridized carbons (Fsp3) is 0.455. The molecule has 1 aliphatic rings. The van der Waals surface area contributed by atoms with Gasteiger partial charge in [-0.15, -0.1) is 24.0 Å². The van der Waals surface area contributed by atoms with Crippen molar-refractivity contribution in [2.45, 2.75) is 19.9 Å². The normalized spacial score (nSPS) is 14.2. The Bertz CT molecular complexity index is 804. The van der Waals surface area contributed by atoms with Crippen LogP contribution in [0.1, 0.15) is 13.3 Å². The third-order valence-corrected chi connectivity index (χ3v) is 5.09. The summed E-state index contributed by atoms with van der Waals surface area (Å²) in [7, 11) is 0. The van der Waals surface area contributed by atoms with Crippen molar-refractivity contribution in [2.75, 3.05) is 50.7 Å². The standard InChI is InChI=1S/C22H31FN6O.HI/c1-2-24-22(26-11-14-27-12-3-4-13-27)25-10-9-21(30)29-17-15-28(16-18-29)20-7-5-19(23)6-8-20;/h3-8,12-13H,2,9-11,14-18H2,1H3,(H2,24,25,26);1H. The van der Waals surface area contributed by atoms with Gasteiger partial charge in [-0.2, -0.15) is 0 Å². The lowest BCUT2D eigenvalue weighted by molar-refractivity contribution is -0.131. The van der Waals surface area contributed by atoms with E-state index >= 15 is 0 Å². The number of guanidine groups is 1. The molecule has 31 heavy (non-hydrogen) atoms. The average molecular weight is 542 g/mol. The Morgan fingerprint density at radius 1 is 1.06 bits per heavy atom. The van der Waals surface area contributed by atoms with E-state index in [1.54, 1.807) is 12.1 Å². The second-order valence-electron chi connectivity index (χ2n) is 7.20. The number of carbonyl (C=O) groups is 1. The summed E-state index contributed by atoms with van der Waals surface area (Å²) in [5.41, 5.74) is 0.995. The highest BCUT2D eigenvalue weighted by Gasteiger charge is 2.20. The predicted molar refractivity (Wildman–Crippen MR) is 134 cm³/mol. The van der Waals surface area contributed by atoms with E-state index in [9.17, 15) is 9.18 Å². The number of halogens is 2. The molecule has 0 spiro atoms. The first kappa shape index (κ1) is 25.0. The van der Waals surface area contributed by atoms with Gasteiger partial charge in [0.2, 0.25) is 5.91 Å². The molecular weight excluding hydrogens is 510 g/mol. The van der Waals surface area contributed by atoms with Crippen LogP contribution < -0.4 is 15.5 Å². The molecule has 9 heteroatoms. The van der Waals surface area contributed by atoms with Gasteiger partial charge in [0.15, 0.2) is 5.96 Å². The Kier molecular flexibility index (Phi) is 10.6. The van der Waals surface area contributed by atoms with Crippen molar-refractivity contribution in [3.05, 3.63) is 54.6 Å². The van der Waals surface area contributed by atoms with E-state index in [0.29, 0.717) is 26.1 Å². The maximum atomic E-state index is 13.1. The zero-order chi connectivity index (χ0) is 21.2. The Morgan fingerprint density at radius 2 is 1.74 bits per heavy atom. The van der Waals surface area contributed by atoms with Crippen molar-refractivity contribution in [3.63, 3.8) is 0 Å². The van der Waals surface area contributed by atoms with Gasteiger partial charge in [0.25, 0.3) is 0 Å². The highest BCUT2D eigenvalue weighted by Crippen LogP contribution is 2.17. The van der Waals surface area contributed by atoms with Crippen molar-refractivity contribution in [1.82, 2.24) is 20.1 Å². The summed E-state index contributed by atoms with van der Waals surface area (Å²) < 4.78 is 15.2. The lowest BCUT2D eigenvalue weighted by atomic mass is 10.2. The molecule has 1 amide bonds. The summed E-state index contributed by atoms with van der Waals surface area (Å²) >= 11 is 0. The molecule has 7 nitrogen and oxygen atoms in total. The summed E-state index contributed by atoms with van der Waals surface area (Å²) in [4.78, 5) is 21.1. The molecule has 1 aromatic heterocycles. The number of rotatable bonds is 8. The maximum Gasteiger partial charge on any atom is 0.224 e. The van der Waals surface area contributed by atoms with Crippen LogP contribution in [0.2, 0.25) is 0 Å². The van der Waals surface area contributed by atoms with Crippen LogP contribution in [-0.4, -0.2) is 67.1 Å². The lowest BCUT2D eigenvalue weighted by Gasteiger charge is -2.36. The summed E-state index contributed by atoms with van der Waals surface area (Å²) in [5, 5.41) is 6.52. The molecule has 2 N–H and O–H groups in total. The molecule has 3 rings (SSSR count). The first-order chi connectivity index (χ1) is 14.7. The van der Waals surface area contributed by atoms with E-state index in [4.69, 9.17) is 0 Å². The largest absolute Gasteiger partial charge is 0.368 e.